The van der Waals surface area contributed by atoms with E-state index in [0.29, 0.717) is 16.4 Å². The van der Waals surface area contributed by atoms with Crippen LogP contribution in [0.4, 0.5) is 5.69 Å². The van der Waals surface area contributed by atoms with Gasteiger partial charge in [-0.3, -0.25) is 23.9 Å². The largest absolute Gasteiger partial charge is 0.345 e. The molecule has 164 valence electrons. The predicted octanol–water partition coefficient (Wildman–Crippen LogP) is -0.568. The molecule has 0 aromatic heterocycles. The van der Waals surface area contributed by atoms with E-state index in [1.165, 1.54) is 6.92 Å². The number of carbonyl (C=O) groups excluding carboxylic acids is 5. The van der Waals surface area contributed by atoms with Gasteiger partial charge in [0.2, 0.25) is 21.8 Å². The molecule has 0 aliphatic rings. The van der Waals surface area contributed by atoms with Crippen LogP contribution in [0, 0.1) is 0 Å². The Hall–Kier alpha value is -2.80. The van der Waals surface area contributed by atoms with Crippen LogP contribution in [-0.2, 0) is 34.0 Å². The lowest BCUT2D eigenvalue weighted by atomic mass is 10.1. The van der Waals surface area contributed by atoms with E-state index in [9.17, 15) is 32.4 Å². The molecule has 4 N–H and O–H groups in total. The third kappa shape index (κ3) is 9.13. The van der Waals surface area contributed by atoms with Gasteiger partial charge in [0.05, 0.1) is 18.0 Å². The number of hydrogen-bond donors (Lipinski definition) is 4. The van der Waals surface area contributed by atoms with Gasteiger partial charge in [-0.2, -0.15) is 0 Å². The molecule has 0 aliphatic carbocycles. The van der Waals surface area contributed by atoms with E-state index in [-0.39, 0.29) is 12.8 Å². The molecule has 0 saturated heterocycles. The molecule has 0 spiro atoms. The number of carbonyl (C=O) groups is 5. The Morgan fingerprint density at radius 3 is 2.30 bits per heavy atom. The first-order chi connectivity index (χ1) is 13.9. The van der Waals surface area contributed by atoms with E-state index in [2.05, 4.69) is 31.9 Å². The molecule has 2 unspecified atom stereocenters. The second-order valence-corrected chi connectivity index (χ2v) is 8.82. The molecule has 13 heteroatoms. The average molecular weight is 505 g/mol. The molecule has 0 bridgehead atoms. The van der Waals surface area contributed by atoms with Crippen molar-refractivity contribution >= 4 is 61.6 Å². The van der Waals surface area contributed by atoms with Gasteiger partial charge in [-0.05, 0) is 41.4 Å². The number of benzene rings is 1. The molecule has 0 radical (unpaired) electrons. The minimum atomic E-state index is -3.73. The van der Waals surface area contributed by atoms with Gasteiger partial charge < -0.3 is 20.7 Å². The molecular weight excluding hydrogens is 484 g/mol. The van der Waals surface area contributed by atoms with Gasteiger partial charge >= 0.3 is 11.8 Å². The highest BCUT2D eigenvalue weighted by atomic mass is 79.9. The summed E-state index contributed by atoms with van der Waals surface area (Å²) in [6.07, 6.45) is 0.701. The van der Waals surface area contributed by atoms with Gasteiger partial charge in [0.15, 0.2) is 0 Å². The lowest BCUT2D eigenvalue weighted by Gasteiger charge is -2.17. The first-order valence-corrected chi connectivity index (χ1v) is 11.2. The Kier molecular flexibility index (Phi) is 9.59. The molecule has 1 rings (SSSR count). The number of sulfonamides is 1. The van der Waals surface area contributed by atoms with Gasteiger partial charge in [-0.15, -0.1) is 0 Å². The fraction of sp³-hybridized carbons (Fsp3) is 0.353. The van der Waals surface area contributed by atoms with Gasteiger partial charge in [-0.25, -0.2) is 8.42 Å². The van der Waals surface area contributed by atoms with Crippen LogP contribution >= 0.6 is 15.9 Å². The Labute approximate surface area is 181 Å². The number of nitrogens with one attached hydrogen (secondary N) is 4. The molecule has 4 amide bonds. The number of anilines is 1. The van der Waals surface area contributed by atoms with E-state index in [0.717, 1.165) is 6.26 Å². The highest BCUT2D eigenvalue weighted by Crippen LogP contribution is 2.20. The summed E-state index contributed by atoms with van der Waals surface area (Å²) in [7, 11) is -3.73. The Balaban J connectivity index is 2.54. The monoisotopic (exact) mass is 504 g/mol. The van der Waals surface area contributed by atoms with Crippen LogP contribution < -0.4 is 20.7 Å². The van der Waals surface area contributed by atoms with Crippen molar-refractivity contribution in [3.8, 4) is 0 Å². The van der Waals surface area contributed by atoms with Gasteiger partial charge in [0, 0.05) is 10.9 Å². The second kappa shape index (κ2) is 11.4. The smallest absolute Gasteiger partial charge is 0.313 e. The predicted molar refractivity (Wildman–Crippen MR) is 111 cm³/mol. The maximum atomic E-state index is 12.1. The highest BCUT2D eigenvalue weighted by Gasteiger charge is 2.23. The van der Waals surface area contributed by atoms with Crippen molar-refractivity contribution in [1.82, 2.24) is 15.4 Å². The second-order valence-electron chi connectivity index (χ2n) is 6.22. The SMILES string of the molecule is CC(NC(=O)C(=O)Nc1ccccc1Br)C(=O)NC(C=O)CCC(=O)NS(C)(=O)=O. The van der Waals surface area contributed by atoms with Gasteiger partial charge in [0.25, 0.3) is 0 Å². The van der Waals surface area contributed by atoms with Gasteiger partial charge in [-0.1, -0.05) is 12.1 Å². The maximum absolute atomic E-state index is 12.1. The Morgan fingerprint density at radius 1 is 1.10 bits per heavy atom. The molecule has 0 fully saturated rings. The number of para-hydroxylation sites is 1. The standard InChI is InChI=1S/C17H21BrN4O7S/c1-10(19-16(26)17(27)21-13-6-4-3-5-12(13)18)15(25)20-11(9-23)7-8-14(24)22-30(2,28)29/h3-6,9-11H,7-8H2,1-2H3,(H,19,26)(H,20,25)(H,21,27)(H,22,24). The van der Waals surface area contributed by atoms with Crippen LogP contribution in [0.15, 0.2) is 28.7 Å². The Morgan fingerprint density at radius 2 is 1.73 bits per heavy atom. The molecule has 1 aromatic carbocycles. The molecule has 0 aliphatic heterocycles. The summed E-state index contributed by atoms with van der Waals surface area (Å²) in [6, 6.07) is 4.37. The molecule has 2 atom stereocenters. The van der Waals surface area contributed by atoms with E-state index >= 15 is 0 Å². The van der Waals surface area contributed by atoms with Crippen molar-refractivity contribution in [2.24, 2.45) is 0 Å². The number of hydrogen-bond acceptors (Lipinski definition) is 7. The molecule has 30 heavy (non-hydrogen) atoms. The first kappa shape index (κ1) is 25.2. The van der Waals surface area contributed by atoms with Crippen molar-refractivity contribution in [1.29, 1.82) is 0 Å². The summed E-state index contributed by atoms with van der Waals surface area (Å²) in [5.74, 6) is -3.66. The van der Waals surface area contributed by atoms with E-state index in [4.69, 9.17) is 0 Å². The summed E-state index contributed by atoms with van der Waals surface area (Å²) in [5, 5.41) is 6.87. The zero-order valence-electron chi connectivity index (χ0n) is 16.1. The van der Waals surface area contributed by atoms with Crippen molar-refractivity contribution < 1.29 is 32.4 Å². The number of rotatable bonds is 9. The minimum Gasteiger partial charge on any atom is -0.345 e. The topological polar surface area (TPSA) is 168 Å². The fourth-order valence-corrected chi connectivity index (χ4v) is 3.00. The van der Waals surface area contributed by atoms with Crippen molar-refractivity contribution in [3.05, 3.63) is 28.7 Å². The fourth-order valence-electron chi connectivity index (χ4n) is 2.10. The van der Waals surface area contributed by atoms with Crippen LogP contribution in [0.3, 0.4) is 0 Å². The van der Waals surface area contributed by atoms with Crippen molar-refractivity contribution in [2.75, 3.05) is 11.6 Å². The molecule has 0 saturated carbocycles. The number of aldehydes is 1. The first-order valence-electron chi connectivity index (χ1n) is 8.55. The third-order valence-electron chi connectivity index (χ3n) is 3.54. The zero-order valence-corrected chi connectivity index (χ0v) is 18.5. The van der Waals surface area contributed by atoms with E-state index in [1.807, 2.05) is 0 Å². The normalized spacial score (nSPS) is 12.8. The lowest BCUT2D eigenvalue weighted by Crippen LogP contribution is -2.51. The summed E-state index contributed by atoms with van der Waals surface area (Å²) in [5.41, 5.74) is 0.364. The minimum absolute atomic E-state index is 0.153. The summed E-state index contributed by atoms with van der Waals surface area (Å²) in [6.45, 7) is 1.30. The summed E-state index contributed by atoms with van der Waals surface area (Å²) in [4.78, 5) is 58.7. The van der Waals surface area contributed by atoms with Crippen LogP contribution in [0.25, 0.3) is 0 Å². The van der Waals surface area contributed by atoms with Crippen molar-refractivity contribution in [3.63, 3.8) is 0 Å². The van der Waals surface area contributed by atoms with E-state index in [1.54, 1.807) is 29.0 Å². The van der Waals surface area contributed by atoms with Crippen LogP contribution in [0.5, 0.6) is 0 Å². The molecular formula is C17H21BrN4O7S. The van der Waals surface area contributed by atoms with Crippen LogP contribution in [0.1, 0.15) is 19.8 Å². The average Bonchev–Trinajstić information content (AvgIpc) is 2.65. The quantitative estimate of drug-likeness (QED) is 0.258. The molecule has 11 nitrogen and oxygen atoms in total. The Bertz CT molecular complexity index is 936. The van der Waals surface area contributed by atoms with Crippen molar-refractivity contribution in [2.45, 2.75) is 31.8 Å². The zero-order chi connectivity index (χ0) is 22.9. The lowest BCUT2D eigenvalue weighted by molar-refractivity contribution is -0.138. The number of halogens is 1. The molecule has 0 heterocycles. The highest BCUT2D eigenvalue weighted by molar-refractivity contribution is 9.10. The summed E-state index contributed by atoms with van der Waals surface area (Å²) >= 11 is 3.22. The van der Waals surface area contributed by atoms with E-state index < -0.39 is 45.7 Å². The molecule has 1 aromatic rings. The maximum Gasteiger partial charge on any atom is 0.313 e. The third-order valence-corrected chi connectivity index (χ3v) is 4.83. The van der Waals surface area contributed by atoms with Gasteiger partial charge in [0.1, 0.15) is 12.3 Å². The summed E-state index contributed by atoms with van der Waals surface area (Å²) < 4.78 is 24.2. The number of amides is 4. The van der Waals surface area contributed by atoms with Crippen LogP contribution in [0.2, 0.25) is 0 Å². The van der Waals surface area contributed by atoms with Crippen LogP contribution in [-0.4, -0.2) is 56.7 Å².